The Morgan fingerprint density at radius 2 is 2.19 bits per heavy atom. The first-order chi connectivity index (χ1) is 7.51. The third kappa shape index (κ3) is 5.28. The van der Waals surface area contributed by atoms with Gasteiger partial charge in [-0.25, -0.2) is 4.98 Å². The summed E-state index contributed by atoms with van der Waals surface area (Å²) >= 11 is 0. The number of aromatic nitrogens is 2. The van der Waals surface area contributed by atoms with Crippen LogP contribution in [0.4, 0.5) is 0 Å². The third-order valence-electron chi connectivity index (χ3n) is 2.18. The molecule has 0 aliphatic rings. The Kier molecular flexibility index (Phi) is 4.96. The molecule has 0 amide bonds. The van der Waals surface area contributed by atoms with Gasteiger partial charge in [-0.15, -0.1) is 0 Å². The molecule has 0 aromatic carbocycles. The number of hydrogen-bond donors (Lipinski definition) is 2. The van der Waals surface area contributed by atoms with Crippen LogP contribution < -0.4 is 5.32 Å². The first-order valence-electron chi connectivity index (χ1n) is 5.74. The molecule has 0 bridgehead atoms. The predicted molar refractivity (Wildman–Crippen MR) is 65.3 cm³/mol. The maximum Gasteiger partial charge on any atom is 0.106 e. The van der Waals surface area contributed by atoms with Gasteiger partial charge >= 0.3 is 0 Å². The van der Waals surface area contributed by atoms with Crippen molar-refractivity contribution in [1.82, 2.24) is 15.3 Å². The Balaban J connectivity index is 2.34. The highest BCUT2D eigenvalue weighted by atomic mass is 16.5. The highest BCUT2D eigenvalue weighted by Gasteiger charge is 2.13. The molecular formula is C12H23N3O. The van der Waals surface area contributed by atoms with Gasteiger partial charge in [0, 0.05) is 38.5 Å². The molecule has 16 heavy (non-hydrogen) atoms. The summed E-state index contributed by atoms with van der Waals surface area (Å²) in [6.45, 7) is 9.07. The molecule has 0 saturated carbocycles. The van der Waals surface area contributed by atoms with Gasteiger partial charge < -0.3 is 15.0 Å². The number of nitrogens with zero attached hydrogens (tertiary/aromatic N) is 1. The number of aromatic amines is 1. The maximum atomic E-state index is 4.96. The van der Waals surface area contributed by atoms with Crippen LogP contribution in [-0.4, -0.2) is 30.2 Å². The highest BCUT2D eigenvalue weighted by Crippen LogP contribution is 2.18. The lowest BCUT2D eigenvalue weighted by atomic mass is 9.92. The largest absolute Gasteiger partial charge is 0.383 e. The summed E-state index contributed by atoms with van der Waals surface area (Å²) in [5.41, 5.74) is 1.41. The van der Waals surface area contributed by atoms with E-state index in [-0.39, 0.29) is 5.41 Å². The summed E-state index contributed by atoms with van der Waals surface area (Å²) in [6, 6.07) is 0. The Hall–Kier alpha value is -0.870. The lowest BCUT2D eigenvalue weighted by Gasteiger charge is -2.15. The number of nitrogens with one attached hydrogen (secondary N) is 2. The Morgan fingerprint density at radius 1 is 1.44 bits per heavy atom. The number of ether oxygens (including phenoxy) is 1. The number of H-pyrrole nitrogens is 1. The second-order valence-electron chi connectivity index (χ2n) is 5.26. The van der Waals surface area contributed by atoms with E-state index in [4.69, 9.17) is 4.74 Å². The smallest absolute Gasteiger partial charge is 0.106 e. The van der Waals surface area contributed by atoms with E-state index in [2.05, 4.69) is 36.1 Å². The molecular weight excluding hydrogens is 202 g/mol. The average Bonchev–Trinajstić information content (AvgIpc) is 2.58. The minimum Gasteiger partial charge on any atom is -0.383 e. The van der Waals surface area contributed by atoms with Crippen LogP contribution in [0.2, 0.25) is 0 Å². The van der Waals surface area contributed by atoms with Gasteiger partial charge in [-0.1, -0.05) is 20.8 Å². The monoisotopic (exact) mass is 225 g/mol. The van der Waals surface area contributed by atoms with E-state index in [9.17, 15) is 0 Å². The van der Waals surface area contributed by atoms with Crippen LogP contribution in [-0.2, 0) is 17.7 Å². The van der Waals surface area contributed by atoms with Crippen LogP contribution in [0, 0.1) is 5.41 Å². The fraction of sp³-hybridized carbons (Fsp3) is 0.750. The number of hydrogen-bond acceptors (Lipinski definition) is 3. The summed E-state index contributed by atoms with van der Waals surface area (Å²) < 4.78 is 4.96. The highest BCUT2D eigenvalue weighted by molar-refractivity contribution is 5.02. The Labute approximate surface area is 97.8 Å². The summed E-state index contributed by atoms with van der Waals surface area (Å²) in [4.78, 5) is 7.71. The normalized spacial score (nSPS) is 12.0. The Bertz CT molecular complexity index is 301. The maximum absolute atomic E-state index is 4.96. The minimum atomic E-state index is 0.276. The summed E-state index contributed by atoms with van der Waals surface area (Å²) in [6.07, 6.45) is 2.88. The molecule has 0 aliphatic carbocycles. The van der Waals surface area contributed by atoms with E-state index in [1.54, 1.807) is 7.11 Å². The molecule has 1 rings (SSSR count). The minimum absolute atomic E-state index is 0.276. The van der Waals surface area contributed by atoms with E-state index < -0.39 is 0 Å². The summed E-state index contributed by atoms with van der Waals surface area (Å²) in [7, 11) is 1.71. The van der Waals surface area contributed by atoms with Crippen molar-refractivity contribution in [2.75, 3.05) is 20.3 Å². The molecule has 0 spiro atoms. The van der Waals surface area contributed by atoms with Gasteiger partial charge in [0.25, 0.3) is 0 Å². The third-order valence-corrected chi connectivity index (χ3v) is 2.18. The van der Waals surface area contributed by atoms with Crippen LogP contribution >= 0.6 is 0 Å². The van der Waals surface area contributed by atoms with Gasteiger partial charge in [-0.3, -0.25) is 0 Å². The van der Waals surface area contributed by atoms with Crippen molar-refractivity contribution in [1.29, 1.82) is 0 Å². The van der Waals surface area contributed by atoms with E-state index in [0.717, 1.165) is 37.6 Å². The molecule has 4 heteroatoms. The second kappa shape index (κ2) is 6.01. The molecule has 0 radical (unpaired) electrons. The first kappa shape index (κ1) is 13.2. The molecule has 0 fully saturated rings. The van der Waals surface area contributed by atoms with Crippen molar-refractivity contribution in [3.8, 4) is 0 Å². The number of imidazole rings is 1. The topological polar surface area (TPSA) is 49.9 Å². The van der Waals surface area contributed by atoms with Gasteiger partial charge in [-0.2, -0.15) is 0 Å². The van der Waals surface area contributed by atoms with Gasteiger partial charge in [0.05, 0.1) is 6.61 Å². The van der Waals surface area contributed by atoms with Crippen molar-refractivity contribution in [2.24, 2.45) is 5.41 Å². The van der Waals surface area contributed by atoms with Crippen LogP contribution in [0.3, 0.4) is 0 Å². The molecule has 0 unspecified atom stereocenters. The molecule has 1 aromatic heterocycles. The zero-order valence-electron chi connectivity index (χ0n) is 10.8. The fourth-order valence-corrected chi connectivity index (χ4v) is 1.49. The lowest BCUT2D eigenvalue weighted by molar-refractivity contribution is 0.199. The van der Waals surface area contributed by atoms with Gasteiger partial charge in [0.15, 0.2) is 0 Å². The van der Waals surface area contributed by atoms with Crippen LogP contribution in [0.5, 0.6) is 0 Å². The van der Waals surface area contributed by atoms with Gasteiger partial charge in [0.1, 0.15) is 5.82 Å². The molecule has 2 N–H and O–H groups in total. The molecule has 1 heterocycles. The van der Waals surface area contributed by atoms with Crippen LogP contribution in [0.1, 0.15) is 32.3 Å². The molecule has 0 atom stereocenters. The van der Waals surface area contributed by atoms with E-state index in [1.807, 2.05) is 6.20 Å². The summed E-state index contributed by atoms with van der Waals surface area (Å²) in [5, 5.41) is 3.28. The fourth-order valence-electron chi connectivity index (χ4n) is 1.49. The first-order valence-corrected chi connectivity index (χ1v) is 5.74. The standard InChI is InChI=1S/C12H23N3O/c1-12(2,3)7-11-14-9-10(15-11)8-13-5-6-16-4/h9,13H,5-8H2,1-4H3,(H,14,15). The van der Waals surface area contributed by atoms with E-state index in [0.29, 0.717) is 0 Å². The quantitative estimate of drug-likeness (QED) is 0.725. The average molecular weight is 225 g/mol. The number of rotatable bonds is 6. The van der Waals surface area contributed by atoms with Crippen molar-refractivity contribution < 1.29 is 4.74 Å². The second-order valence-corrected chi connectivity index (χ2v) is 5.26. The van der Waals surface area contributed by atoms with E-state index >= 15 is 0 Å². The SMILES string of the molecule is COCCNCc1cnc(CC(C)(C)C)[nH]1. The zero-order valence-corrected chi connectivity index (χ0v) is 10.8. The molecule has 0 aliphatic heterocycles. The lowest BCUT2D eigenvalue weighted by Crippen LogP contribution is -2.18. The van der Waals surface area contributed by atoms with Crippen LogP contribution in [0.15, 0.2) is 6.20 Å². The Morgan fingerprint density at radius 3 is 2.81 bits per heavy atom. The molecule has 4 nitrogen and oxygen atoms in total. The van der Waals surface area contributed by atoms with Crippen molar-refractivity contribution in [2.45, 2.75) is 33.7 Å². The molecule has 0 saturated heterocycles. The van der Waals surface area contributed by atoms with Crippen molar-refractivity contribution in [3.05, 3.63) is 17.7 Å². The van der Waals surface area contributed by atoms with Crippen molar-refractivity contribution in [3.63, 3.8) is 0 Å². The van der Waals surface area contributed by atoms with E-state index in [1.165, 1.54) is 0 Å². The van der Waals surface area contributed by atoms with Gasteiger partial charge in [0.2, 0.25) is 0 Å². The number of methoxy groups -OCH3 is 1. The van der Waals surface area contributed by atoms with Crippen molar-refractivity contribution >= 4 is 0 Å². The predicted octanol–water partition coefficient (Wildman–Crippen LogP) is 1.73. The molecule has 1 aromatic rings. The van der Waals surface area contributed by atoms with Crippen LogP contribution in [0.25, 0.3) is 0 Å². The van der Waals surface area contributed by atoms with Gasteiger partial charge in [-0.05, 0) is 5.41 Å². The summed E-state index contributed by atoms with van der Waals surface area (Å²) in [5.74, 6) is 1.07. The molecule has 92 valence electrons. The zero-order chi connectivity index (χ0) is 12.0.